The van der Waals surface area contributed by atoms with Gasteiger partial charge in [0.15, 0.2) is 0 Å². The maximum Gasteiger partial charge on any atom is 0.264 e. The van der Waals surface area contributed by atoms with E-state index < -0.39 is 0 Å². The van der Waals surface area contributed by atoms with Crippen molar-refractivity contribution in [3.8, 4) is 11.1 Å². The van der Waals surface area contributed by atoms with Crippen LogP contribution in [0.4, 0.5) is 5.69 Å². The van der Waals surface area contributed by atoms with E-state index in [2.05, 4.69) is 21.2 Å². The highest BCUT2D eigenvalue weighted by molar-refractivity contribution is 7.99. The number of fused-ring (bicyclic) bond motifs is 1. The Hall–Kier alpha value is -2.43. The molecule has 0 radical (unpaired) electrons. The molecule has 1 aliphatic heterocycles. The third kappa shape index (κ3) is 3.30. The van der Waals surface area contributed by atoms with Crippen LogP contribution in [-0.4, -0.2) is 5.91 Å². The van der Waals surface area contributed by atoms with Crippen LogP contribution in [0.15, 0.2) is 66.7 Å². The van der Waals surface area contributed by atoms with E-state index in [0.717, 1.165) is 22.4 Å². The summed E-state index contributed by atoms with van der Waals surface area (Å²) in [6.45, 7) is 2.72. The Bertz CT molecular complexity index is 975. The minimum Gasteiger partial charge on any atom is -0.293 e. The van der Waals surface area contributed by atoms with Gasteiger partial charge in [0.05, 0.1) is 29.9 Å². The molecule has 0 spiro atoms. The largest absolute Gasteiger partial charge is 0.293 e. The van der Waals surface area contributed by atoms with Crippen LogP contribution in [0.25, 0.3) is 11.1 Å². The number of amides is 1. The molecule has 0 aliphatic carbocycles. The monoisotopic (exact) mass is 380 g/mol. The van der Waals surface area contributed by atoms with Crippen molar-refractivity contribution in [3.63, 3.8) is 0 Å². The zero-order valence-electron chi connectivity index (χ0n) is 14.2. The number of aryl methyl sites for hydroxylation is 1. The fourth-order valence-corrected chi connectivity index (χ4v) is 4.14. The summed E-state index contributed by atoms with van der Waals surface area (Å²) in [5.41, 5.74) is 5.74. The van der Waals surface area contributed by atoms with Crippen molar-refractivity contribution in [3.05, 3.63) is 88.4 Å². The summed E-state index contributed by atoms with van der Waals surface area (Å²) in [6, 6.07) is 22.1. The van der Waals surface area contributed by atoms with E-state index in [-0.39, 0.29) is 5.91 Å². The molecule has 26 heavy (non-hydrogen) atoms. The number of nitrogens with zero attached hydrogens (tertiary/aromatic N) is 1. The van der Waals surface area contributed by atoms with E-state index in [9.17, 15) is 4.79 Å². The molecule has 3 aromatic carbocycles. The summed E-state index contributed by atoms with van der Waals surface area (Å²) in [5, 5.41) is 0.691. The standard InChI is InChI=1S/C21H17ClN2OS/c1-14-7-9-17(19(22)11-14)16-8-10-20-18(12-16)21(25)23-26-24(20)13-15-5-3-2-4-6-15/h2-12H,13H2,1H3,(H,23,25). The second-order valence-electron chi connectivity index (χ2n) is 6.26. The minimum atomic E-state index is -0.0839. The van der Waals surface area contributed by atoms with E-state index in [1.54, 1.807) is 0 Å². The predicted molar refractivity (Wildman–Crippen MR) is 109 cm³/mol. The summed E-state index contributed by atoms with van der Waals surface area (Å²) in [6.07, 6.45) is 0. The van der Waals surface area contributed by atoms with Crippen molar-refractivity contribution in [2.24, 2.45) is 0 Å². The number of anilines is 1. The lowest BCUT2D eigenvalue weighted by molar-refractivity contribution is 0.0983. The van der Waals surface area contributed by atoms with Gasteiger partial charge < -0.3 is 0 Å². The lowest BCUT2D eigenvalue weighted by atomic mass is 10.00. The van der Waals surface area contributed by atoms with Gasteiger partial charge in [0, 0.05) is 10.6 Å². The Morgan fingerprint density at radius 2 is 1.81 bits per heavy atom. The Labute approximate surface area is 162 Å². The summed E-state index contributed by atoms with van der Waals surface area (Å²) >= 11 is 7.73. The van der Waals surface area contributed by atoms with Gasteiger partial charge in [-0.15, -0.1) is 0 Å². The van der Waals surface area contributed by atoms with E-state index >= 15 is 0 Å². The topological polar surface area (TPSA) is 32.3 Å². The molecule has 5 heteroatoms. The van der Waals surface area contributed by atoms with E-state index in [1.165, 1.54) is 17.7 Å². The Morgan fingerprint density at radius 3 is 2.58 bits per heavy atom. The number of carbonyl (C=O) groups excluding carboxylic acids is 1. The number of halogens is 1. The molecule has 0 fully saturated rings. The van der Waals surface area contributed by atoms with Gasteiger partial charge >= 0.3 is 0 Å². The molecule has 3 aromatic rings. The molecular weight excluding hydrogens is 364 g/mol. The lowest BCUT2D eigenvalue weighted by Gasteiger charge is -2.29. The van der Waals surface area contributed by atoms with Gasteiger partial charge in [-0.1, -0.05) is 60.1 Å². The molecule has 0 aromatic heterocycles. The highest BCUT2D eigenvalue weighted by Crippen LogP contribution is 2.36. The first kappa shape index (κ1) is 17.0. The number of hydrogen-bond acceptors (Lipinski definition) is 3. The molecule has 0 atom stereocenters. The van der Waals surface area contributed by atoms with Crippen LogP contribution < -0.4 is 9.03 Å². The fraction of sp³-hybridized carbons (Fsp3) is 0.0952. The Morgan fingerprint density at radius 1 is 1.00 bits per heavy atom. The van der Waals surface area contributed by atoms with Crippen LogP contribution >= 0.6 is 23.7 Å². The molecule has 1 amide bonds. The van der Waals surface area contributed by atoms with Crippen molar-refractivity contribution >= 4 is 35.3 Å². The Kier molecular flexibility index (Phi) is 4.62. The lowest BCUT2D eigenvalue weighted by Crippen LogP contribution is -2.32. The minimum absolute atomic E-state index is 0.0839. The molecule has 1 aliphatic rings. The van der Waals surface area contributed by atoms with Crippen LogP contribution in [0.1, 0.15) is 21.5 Å². The van der Waals surface area contributed by atoms with Gasteiger partial charge in [-0.2, -0.15) is 0 Å². The molecule has 0 bridgehead atoms. The first-order valence-electron chi connectivity index (χ1n) is 8.31. The van der Waals surface area contributed by atoms with E-state index in [4.69, 9.17) is 11.6 Å². The number of rotatable bonds is 3. The summed E-state index contributed by atoms with van der Waals surface area (Å²) in [5.74, 6) is -0.0839. The quantitative estimate of drug-likeness (QED) is 0.598. The third-order valence-electron chi connectivity index (χ3n) is 4.36. The van der Waals surface area contributed by atoms with Crippen molar-refractivity contribution in [1.29, 1.82) is 0 Å². The predicted octanol–water partition coefficient (Wildman–Crippen LogP) is 5.63. The first-order chi connectivity index (χ1) is 12.6. The molecule has 0 saturated heterocycles. The second-order valence-corrected chi connectivity index (χ2v) is 7.49. The molecule has 1 heterocycles. The summed E-state index contributed by atoms with van der Waals surface area (Å²) in [7, 11) is 0. The molecule has 4 rings (SSSR count). The van der Waals surface area contributed by atoms with Crippen molar-refractivity contribution < 1.29 is 4.79 Å². The smallest absolute Gasteiger partial charge is 0.264 e. The third-order valence-corrected chi connectivity index (χ3v) is 5.50. The van der Waals surface area contributed by atoms with Gasteiger partial charge in [-0.05, 0) is 41.8 Å². The summed E-state index contributed by atoms with van der Waals surface area (Å²) in [4.78, 5) is 12.4. The molecular formula is C21H17ClN2OS. The second kappa shape index (κ2) is 7.06. The zero-order chi connectivity index (χ0) is 18.1. The van der Waals surface area contributed by atoms with Gasteiger partial charge in [-0.3, -0.25) is 13.8 Å². The normalized spacial score (nSPS) is 13.3. The first-order valence-corrected chi connectivity index (χ1v) is 9.46. The van der Waals surface area contributed by atoms with E-state index in [0.29, 0.717) is 17.1 Å². The Balaban J connectivity index is 1.71. The van der Waals surface area contributed by atoms with Crippen molar-refractivity contribution in [2.75, 3.05) is 4.31 Å². The van der Waals surface area contributed by atoms with Crippen LogP contribution in [0.3, 0.4) is 0 Å². The highest BCUT2D eigenvalue weighted by atomic mass is 35.5. The van der Waals surface area contributed by atoms with Gasteiger partial charge in [0.2, 0.25) is 0 Å². The van der Waals surface area contributed by atoms with Gasteiger partial charge in [0.25, 0.3) is 5.91 Å². The summed E-state index contributed by atoms with van der Waals surface area (Å²) < 4.78 is 4.97. The van der Waals surface area contributed by atoms with E-state index in [1.807, 2.05) is 61.5 Å². The SMILES string of the molecule is Cc1ccc(-c2ccc3c(c2)C(=O)NSN3Cc2ccccc2)c(Cl)c1. The fourth-order valence-electron chi connectivity index (χ4n) is 3.02. The van der Waals surface area contributed by atoms with Crippen LogP contribution in [0.5, 0.6) is 0 Å². The molecule has 0 unspecified atom stereocenters. The van der Waals surface area contributed by atoms with Crippen LogP contribution in [0, 0.1) is 6.92 Å². The van der Waals surface area contributed by atoms with Crippen LogP contribution in [-0.2, 0) is 6.54 Å². The molecule has 3 nitrogen and oxygen atoms in total. The van der Waals surface area contributed by atoms with Crippen molar-refractivity contribution in [2.45, 2.75) is 13.5 Å². The maximum absolute atomic E-state index is 12.4. The average molecular weight is 381 g/mol. The molecule has 0 saturated carbocycles. The number of hydrogen-bond donors (Lipinski definition) is 1. The van der Waals surface area contributed by atoms with Gasteiger partial charge in [0.1, 0.15) is 0 Å². The molecule has 130 valence electrons. The zero-order valence-corrected chi connectivity index (χ0v) is 15.8. The number of carbonyl (C=O) groups is 1. The average Bonchev–Trinajstić information content (AvgIpc) is 2.65. The van der Waals surface area contributed by atoms with Gasteiger partial charge in [-0.25, -0.2) is 0 Å². The number of nitrogens with one attached hydrogen (secondary N) is 1. The number of benzene rings is 3. The highest BCUT2D eigenvalue weighted by Gasteiger charge is 2.24. The maximum atomic E-state index is 12.4. The van der Waals surface area contributed by atoms with Crippen molar-refractivity contribution in [1.82, 2.24) is 4.72 Å². The van der Waals surface area contributed by atoms with Crippen LogP contribution in [0.2, 0.25) is 5.02 Å². The molecule has 1 N–H and O–H groups in total.